The van der Waals surface area contributed by atoms with Crippen LogP contribution in [0.5, 0.6) is 0 Å². The molecule has 1 heterocycles. The van der Waals surface area contributed by atoms with Crippen molar-refractivity contribution in [1.82, 2.24) is 14.7 Å². The molecule has 0 radical (unpaired) electrons. The molecule has 0 amide bonds. The van der Waals surface area contributed by atoms with E-state index >= 15 is 0 Å². The lowest BCUT2D eigenvalue weighted by Crippen LogP contribution is -2.20. The van der Waals surface area contributed by atoms with Gasteiger partial charge in [-0.25, -0.2) is 4.68 Å². The zero-order valence-corrected chi connectivity index (χ0v) is 12.3. The molecule has 0 N–H and O–H groups in total. The molecule has 1 aromatic carbocycles. The number of ketones is 1. The van der Waals surface area contributed by atoms with Crippen molar-refractivity contribution in [2.24, 2.45) is 0 Å². The Kier molecular flexibility index (Phi) is 4.33. The number of carbonyl (C=O) groups is 1. The maximum absolute atomic E-state index is 12.0. The summed E-state index contributed by atoms with van der Waals surface area (Å²) in [6.45, 7) is 1.97. The van der Waals surface area contributed by atoms with Gasteiger partial charge in [0.15, 0.2) is 5.69 Å². The lowest BCUT2D eigenvalue weighted by molar-refractivity contribution is 0.103. The Bertz CT molecular complexity index is 745. The second-order valence-electron chi connectivity index (χ2n) is 4.96. The van der Waals surface area contributed by atoms with E-state index in [1.165, 1.54) is 16.8 Å². The van der Waals surface area contributed by atoms with Crippen molar-refractivity contribution in [1.29, 1.82) is 0 Å². The minimum atomic E-state index is -0.407. The van der Waals surface area contributed by atoms with Crippen molar-refractivity contribution < 1.29 is 4.79 Å². The third-order valence-corrected chi connectivity index (χ3v) is 2.83. The van der Waals surface area contributed by atoms with Crippen LogP contribution in [-0.4, -0.2) is 34.6 Å². The van der Waals surface area contributed by atoms with Crippen LogP contribution >= 0.6 is 0 Å². The summed E-state index contributed by atoms with van der Waals surface area (Å²) in [4.78, 5) is 25.6. The van der Waals surface area contributed by atoms with Crippen LogP contribution in [0.25, 0.3) is 5.69 Å². The predicted molar refractivity (Wildman–Crippen MR) is 81.7 cm³/mol. The molecule has 0 fully saturated rings. The smallest absolute Gasteiger partial charge is 0.211 e. The van der Waals surface area contributed by atoms with Gasteiger partial charge in [0, 0.05) is 38.6 Å². The average molecular weight is 283 g/mol. The molecule has 1 aromatic heterocycles. The highest BCUT2D eigenvalue weighted by atomic mass is 16.1. The van der Waals surface area contributed by atoms with Gasteiger partial charge in [-0.05, 0) is 24.6 Å². The number of allylic oxidation sites excluding steroid dienone is 1. The van der Waals surface area contributed by atoms with E-state index in [0.717, 1.165) is 11.3 Å². The molecule has 0 atom stereocenters. The second-order valence-corrected chi connectivity index (χ2v) is 4.96. The molecule has 0 aliphatic carbocycles. The van der Waals surface area contributed by atoms with Crippen LogP contribution in [0.15, 0.2) is 53.6 Å². The first-order chi connectivity index (χ1) is 9.97. The van der Waals surface area contributed by atoms with E-state index in [0.29, 0.717) is 0 Å². The molecule has 0 aliphatic heterocycles. The Morgan fingerprint density at radius 2 is 2.05 bits per heavy atom. The minimum Gasteiger partial charge on any atom is -0.383 e. The SMILES string of the molecule is Cc1cccc(-n2ccc(=O)c(C(=O)/C=C/N(C)C)n2)c1. The summed E-state index contributed by atoms with van der Waals surface area (Å²) >= 11 is 0. The van der Waals surface area contributed by atoms with Gasteiger partial charge >= 0.3 is 0 Å². The van der Waals surface area contributed by atoms with E-state index in [9.17, 15) is 9.59 Å². The monoisotopic (exact) mass is 283 g/mol. The zero-order valence-electron chi connectivity index (χ0n) is 12.3. The number of aromatic nitrogens is 2. The molecule has 5 heteroatoms. The van der Waals surface area contributed by atoms with Crippen LogP contribution in [0.4, 0.5) is 0 Å². The number of carbonyl (C=O) groups excluding carboxylic acids is 1. The summed E-state index contributed by atoms with van der Waals surface area (Å²) in [7, 11) is 3.60. The fraction of sp³-hybridized carbons (Fsp3) is 0.188. The molecule has 21 heavy (non-hydrogen) atoms. The first-order valence-corrected chi connectivity index (χ1v) is 6.53. The van der Waals surface area contributed by atoms with Crippen molar-refractivity contribution in [2.45, 2.75) is 6.92 Å². The molecule has 2 aromatic rings. The van der Waals surface area contributed by atoms with Crippen LogP contribution in [0, 0.1) is 6.92 Å². The minimum absolute atomic E-state index is 0.0860. The fourth-order valence-electron chi connectivity index (χ4n) is 1.79. The quantitative estimate of drug-likeness (QED) is 0.634. The molecule has 0 unspecified atom stereocenters. The van der Waals surface area contributed by atoms with Crippen LogP contribution in [0.1, 0.15) is 16.1 Å². The first kappa shape index (κ1) is 14.7. The highest BCUT2D eigenvalue weighted by Crippen LogP contribution is 2.08. The molecular formula is C16H17N3O2. The standard InChI is InChI=1S/C16H17N3O2/c1-12-5-4-6-13(11-12)19-10-8-15(21)16(17-19)14(20)7-9-18(2)3/h4-11H,1-3H3/b9-7+. The third kappa shape index (κ3) is 3.66. The fourth-order valence-corrected chi connectivity index (χ4v) is 1.79. The van der Waals surface area contributed by atoms with Gasteiger partial charge in [-0.1, -0.05) is 12.1 Å². The number of aryl methyl sites for hydroxylation is 1. The molecule has 0 bridgehead atoms. The number of rotatable bonds is 4. The maximum Gasteiger partial charge on any atom is 0.211 e. The van der Waals surface area contributed by atoms with Gasteiger partial charge in [0.25, 0.3) is 0 Å². The summed E-state index contributed by atoms with van der Waals surface area (Å²) in [6.07, 6.45) is 4.49. The van der Waals surface area contributed by atoms with E-state index in [1.807, 2.05) is 31.2 Å². The molecule has 5 nitrogen and oxygen atoms in total. The Morgan fingerprint density at radius 3 is 2.71 bits per heavy atom. The molecule has 0 saturated carbocycles. The number of hydrogen-bond donors (Lipinski definition) is 0. The van der Waals surface area contributed by atoms with Crippen molar-refractivity contribution >= 4 is 5.78 Å². The van der Waals surface area contributed by atoms with Crippen molar-refractivity contribution in [3.8, 4) is 5.69 Å². The van der Waals surface area contributed by atoms with Gasteiger partial charge in [-0.15, -0.1) is 0 Å². The molecule has 0 saturated heterocycles. The molecule has 0 aliphatic rings. The van der Waals surface area contributed by atoms with E-state index in [2.05, 4.69) is 5.10 Å². The summed E-state index contributed by atoms with van der Waals surface area (Å²) < 4.78 is 1.53. The zero-order chi connectivity index (χ0) is 15.4. The normalized spacial score (nSPS) is 10.8. The van der Waals surface area contributed by atoms with Gasteiger partial charge in [-0.2, -0.15) is 5.10 Å². The van der Waals surface area contributed by atoms with Crippen molar-refractivity contribution in [2.75, 3.05) is 14.1 Å². The van der Waals surface area contributed by atoms with Crippen molar-refractivity contribution in [3.63, 3.8) is 0 Å². The average Bonchev–Trinajstić information content (AvgIpc) is 2.45. The van der Waals surface area contributed by atoms with Crippen LogP contribution in [0.2, 0.25) is 0 Å². The van der Waals surface area contributed by atoms with E-state index in [-0.39, 0.29) is 11.1 Å². The predicted octanol–water partition coefficient (Wildman–Crippen LogP) is 1.80. The van der Waals surface area contributed by atoms with Gasteiger partial charge in [0.2, 0.25) is 11.2 Å². The summed E-state index contributed by atoms with van der Waals surface area (Å²) in [5.41, 5.74) is 1.42. The Labute approximate surface area is 123 Å². The summed E-state index contributed by atoms with van der Waals surface area (Å²) in [5, 5.41) is 4.15. The topological polar surface area (TPSA) is 55.2 Å². The van der Waals surface area contributed by atoms with Gasteiger partial charge in [0.05, 0.1) is 5.69 Å². The molecule has 108 valence electrons. The highest BCUT2D eigenvalue weighted by molar-refractivity contribution is 6.02. The molecular weight excluding hydrogens is 266 g/mol. The maximum atomic E-state index is 12.0. The highest BCUT2D eigenvalue weighted by Gasteiger charge is 2.10. The van der Waals surface area contributed by atoms with E-state index < -0.39 is 5.78 Å². The van der Waals surface area contributed by atoms with E-state index in [1.54, 1.807) is 31.4 Å². The van der Waals surface area contributed by atoms with Gasteiger partial charge in [0.1, 0.15) is 0 Å². The third-order valence-electron chi connectivity index (χ3n) is 2.83. The number of nitrogens with zero attached hydrogens (tertiary/aromatic N) is 3. The Morgan fingerprint density at radius 1 is 1.29 bits per heavy atom. The molecule has 2 rings (SSSR count). The van der Waals surface area contributed by atoms with Crippen LogP contribution in [0.3, 0.4) is 0 Å². The largest absolute Gasteiger partial charge is 0.383 e. The van der Waals surface area contributed by atoms with Crippen LogP contribution in [-0.2, 0) is 0 Å². The molecule has 0 spiro atoms. The first-order valence-electron chi connectivity index (χ1n) is 6.53. The van der Waals surface area contributed by atoms with E-state index in [4.69, 9.17) is 0 Å². The van der Waals surface area contributed by atoms with Gasteiger partial charge < -0.3 is 4.90 Å². The summed E-state index contributed by atoms with van der Waals surface area (Å²) in [5.74, 6) is -0.407. The Balaban J connectivity index is 2.42. The number of benzene rings is 1. The lowest BCUT2D eigenvalue weighted by atomic mass is 10.2. The van der Waals surface area contributed by atoms with Crippen LogP contribution < -0.4 is 5.43 Å². The van der Waals surface area contributed by atoms with Gasteiger partial charge in [-0.3, -0.25) is 9.59 Å². The number of hydrogen-bond acceptors (Lipinski definition) is 4. The lowest BCUT2D eigenvalue weighted by Gasteiger charge is -2.07. The second kappa shape index (κ2) is 6.17. The van der Waals surface area contributed by atoms with Crippen molar-refractivity contribution in [3.05, 3.63) is 70.3 Å². The Hall–Kier alpha value is -2.69. The summed E-state index contributed by atoms with van der Waals surface area (Å²) in [6, 6.07) is 9.03.